The van der Waals surface area contributed by atoms with Crippen molar-refractivity contribution in [3.8, 4) is 5.75 Å². The molecule has 2 aliphatic heterocycles. The van der Waals surface area contributed by atoms with Gasteiger partial charge in [0, 0.05) is 24.6 Å². The Morgan fingerprint density at radius 1 is 1.25 bits per heavy atom. The van der Waals surface area contributed by atoms with E-state index in [1.807, 2.05) is 29.2 Å². The predicted molar refractivity (Wildman–Crippen MR) is 71.6 cm³/mol. The van der Waals surface area contributed by atoms with Gasteiger partial charge in [-0.2, -0.15) is 0 Å². The van der Waals surface area contributed by atoms with Crippen LogP contribution in [0.25, 0.3) is 0 Å². The molecule has 3 rings (SSSR count). The van der Waals surface area contributed by atoms with Crippen LogP contribution in [0.15, 0.2) is 44.9 Å². The van der Waals surface area contributed by atoms with Gasteiger partial charge in [-0.15, -0.1) is 10.2 Å². The molecule has 0 bridgehead atoms. The zero-order valence-corrected chi connectivity index (χ0v) is 11.1. The first-order valence-corrected chi connectivity index (χ1v) is 6.54. The molecule has 0 radical (unpaired) electrons. The van der Waals surface area contributed by atoms with E-state index in [0.717, 1.165) is 17.9 Å². The summed E-state index contributed by atoms with van der Waals surface area (Å²) in [5.74, 6) is 0.905. The number of benzene rings is 1. The van der Waals surface area contributed by atoms with Crippen LogP contribution in [-0.4, -0.2) is 25.2 Å². The third-order valence-corrected chi connectivity index (χ3v) is 3.57. The van der Waals surface area contributed by atoms with Gasteiger partial charge in [0.05, 0.1) is 7.11 Å². The molecular formula is C13H15N5O2. The Kier molecular flexibility index (Phi) is 3.41. The van der Waals surface area contributed by atoms with Crippen molar-refractivity contribution < 1.29 is 9.53 Å². The normalized spacial score (nSPS) is 21.9. The molecular weight excluding hydrogens is 258 g/mol. The topological polar surface area (TPSA) is 79.0 Å². The lowest BCUT2D eigenvalue weighted by Crippen LogP contribution is -2.34. The average Bonchev–Trinajstić information content (AvgIpc) is 3.10. The van der Waals surface area contributed by atoms with Crippen LogP contribution in [0.2, 0.25) is 0 Å². The Bertz CT molecular complexity index is 542. The highest BCUT2D eigenvalue weighted by Crippen LogP contribution is 2.31. The monoisotopic (exact) mass is 273 g/mol. The number of rotatable bonds is 4. The van der Waals surface area contributed by atoms with Crippen molar-refractivity contribution in [3.63, 3.8) is 0 Å². The van der Waals surface area contributed by atoms with Gasteiger partial charge in [0.1, 0.15) is 5.75 Å². The molecule has 1 saturated heterocycles. The van der Waals surface area contributed by atoms with Gasteiger partial charge in [0.25, 0.3) is 0 Å². The maximum absolute atomic E-state index is 12.1. The lowest BCUT2D eigenvalue weighted by molar-refractivity contribution is -0.117. The molecule has 1 aromatic rings. The summed E-state index contributed by atoms with van der Waals surface area (Å²) >= 11 is 0. The summed E-state index contributed by atoms with van der Waals surface area (Å²) in [7, 11) is 1.62. The van der Waals surface area contributed by atoms with Crippen molar-refractivity contribution in [1.82, 2.24) is 0 Å². The summed E-state index contributed by atoms with van der Waals surface area (Å²) in [6.07, 6.45) is 1.76. The molecule has 7 heteroatoms. The average molecular weight is 273 g/mol. The van der Waals surface area contributed by atoms with Crippen LogP contribution in [-0.2, 0) is 4.79 Å². The minimum atomic E-state index is -0.258. The Morgan fingerprint density at radius 2 is 1.95 bits per heavy atom. The molecule has 0 saturated carbocycles. The fourth-order valence-corrected chi connectivity index (χ4v) is 2.59. The van der Waals surface area contributed by atoms with E-state index in [9.17, 15) is 4.79 Å². The third-order valence-electron chi connectivity index (χ3n) is 3.57. The van der Waals surface area contributed by atoms with E-state index in [1.54, 1.807) is 7.11 Å². The van der Waals surface area contributed by atoms with Crippen LogP contribution in [0.1, 0.15) is 19.3 Å². The molecule has 1 amide bonds. The molecule has 0 N–H and O–H groups in total. The lowest BCUT2D eigenvalue weighted by Gasteiger charge is -2.25. The highest BCUT2D eigenvalue weighted by molar-refractivity contribution is 5.96. The van der Waals surface area contributed by atoms with Gasteiger partial charge in [0.2, 0.25) is 5.91 Å². The summed E-state index contributed by atoms with van der Waals surface area (Å²) in [5, 5.41) is 14.8. The molecule has 1 fully saturated rings. The van der Waals surface area contributed by atoms with Gasteiger partial charge >= 0.3 is 0 Å². The second-order valence-electron chi connectivity index (χ2n) is 4.78. The van der Waals surface area contributed by atoms with E-state index < -0.39 is 0 Å². The quantitative estimate of drug-likeness (QED) is 0.845. The highest BCUT2D eigenvalue weighted by Gasteiger charge is 2.34. The first kappa shape index (κ1) is 12.7. The zero-order valence-electron chi connectivity index (χ0n) is 11.1. The van der Waals surface area contributed by atoms with Crippen LogP contribution < -0.4 is 9.64 Å². The molecule has 0 aromatic heterocycles. The molecule has 1 aromatic carbocycles. The molecule has 0 unspecified atom stereocenters. The van der Waals surface area contributed by atoms with Gasteiger partial charge < -0.3 is 9.64 Å². The molecule has 0 aliphatic carbocycles. The summed E-state index contributed by atoms with van der Waals surface area (Å²) in [6.45, 7) is 0. The first-order chi connectivity index (χ1) is 9.78. The van der Waals surface area contributed by atoms with Crippen LogP contribution in [0, 0.1) is 0 Å². The minimum Gasteiger partial charge on any atom is -0.497 e. The maximum Gasteiger partial charge on any atom is 0.227 e. The molecule has 20 heavy (non-hydrogen) atoms. The van der Waals surface area contributed by atoms with Crippen molar-refractivity contribution in [2.45, 2.75) is 31.5 Å². The summed E-state index contributed by atoms with van der Waals surface area (Å²) < 4.78 is 5.13. The molecule has 2 aliphatic rings. The van der Waals surface area contributed by atoms with Gasteiger partial charge in [-0.05, 0) is 41.1 Å². The van der Waals surface area contributed by atoms with Gasteiger partial charge in [-0.3, -0.25) is 4.79 Å². The smallest absolute Gasteiger partial charge is 0.227 e. The summed E-state index contributed by atoms with van der Waals surface area (Å²) in [6, 6.07) is 7.59. The number of carbonyl (C=O) groups is 1. The fraction of sp³-hybridized carbons (Fsp3) is 0.462. The van der Waals surface area contributed by atoms with E-state index in [0.29, 0.717) is 12.8 Å². The Balaban J connectivity index is 1.78. The standard InChI is InChI=1S/C13H15N5O2/c1-20-11-5-2-9(3-6-11)18-10(4-7-13(18)19)8-12-14-16-17-15-12/h2-3,5-6,10,12H,4,7-8H2,1H3/t10-/m0/s1. The minimum absolute atomic E-state index is 0.0943. The second kappa shape index (κ2) is 5.36. The number of amides is 1. The van der Waals surface area contributed by atoms with E-state index in [1.165, 1.54) is 0 Å². The predicted octanol–water partition coefficient (Wildman–Crippen LogP) is 2.74. The number of hydrogen-bond donors (Lipinski definition) is 0. The Hall–Kier alpha value is -2.31. The third kappa shape index (κ3) is 2.38. The summed E-state index contributed by atoms with van der Waals surface area (Å²) in [4.78, 5) is 13.9. The van der Waals surface area contributed by atoms with E-state index in [2.05, 4.69) is 20.7 Å². The number of methoxy groups -OCH3 is 1. The van der Waals surface area contributed by atoms with Crippen molar-refractivity contribution >= 4 is 11.6 Å². The highest BCUT2D eigenvalue weighted by atomic mass is 16.5. The van der Waals surface area contributed by atoms with Crippen LogP contribution in [0.5, 0.6) is 5.75 Å². The van der Waals surface area contributed by atoms with E-state index in [-0.39, 0.29) is 18.1 Å². The van der Waals surface area contributed by atoms with Crippen molar-refractivity contribution in [2.75, 3.05) is 12.0 Å². The van der Waals surface area contributed by atoms with E-state index >= 15 is 0 Å². The molecule has 7 nitrogen and oxygen atoms in total. The lowest BCUT2D eigenvalue weighted by atomic mass is 10.1. The number of nitrogens with zero attached hydrogens (tertiary/aromatic N) is 5. The van der Waals surface area contributed by atoms with Crippen LogP contribution in [0.4, 0.5) is 5.69 Å². The largest absolute Gasteiger partial charge is 0.497 e. The summed E-state index contributed by atoms with van der Waals surface area (Å²) in [5.41, 5.74) is 0.880. The van der Waals surface area contributed by atoms with Gasteiger partial charge in [0.15, 0.2) is 6.17 Å². The second-order valence-corrected chi connectivity index (χ2v) is 4.78. The Labute approximate surface area is 116 Å². The van der Waals surface area contributed by atoms with Crippen LogP contribution in [0.3, 0.4) is 0 Å². The number of anilines is 1. The fourth-order valence-electron chi connectivity index (χ4n) is 2.59. The van der Waals surface area contributed by atoms with E-state index in [4.69, 9.17) is 4.74 Å². The van der Waals surface area contributed by atoms with Gasteiger partial charge in [-0.1, -0.05) is 0 Å². The van der Waals surface area contributed by atoms with Gasteiger partial charge in [-0.25, -0.2) is 0 Å². The van der Waals surface area contributed by atoms with Crippen LogP contribution >= 0.6 is 0 Å². The number of carbonyl (C=O) groups excluding carboxylic acids is 1. The zero-order chi connectivity index (χ0) is 13.9. The molecule has 2 heterocycles. The number of ether oxygens (including phenoxy) is 1. The van der Waals surface area contributed by atoms with Crippen molar-refractivity contribution in [3.05, 3.63) is 24.3 Å². The Morgan fingerprint density at radius 3 is 2.60 bits per heavy atom. The maximum atomic E-state index is 12.1. The van der Waals surface area contributed by atoms with Crippen molar-refractivity contribution in [2.24, 2.45) is 20.7 Å². The number of hydrogen-bond acceptors (Lipinski definition) is 6. The first-order valence-electron chi connectivity index (χ1n) is 6.54. The molecule has 1 atom stereocenters. The SMILES string of the molecule is COc1ccc(N2C(=O)CC[C@H]2CC2N=NN=N2)cc1. The molecule has 104 valence electrons. The van der Waals surface area contributed by atoms with Crippen molar-refractivity contribution in [1.29, 1.82) is 0 Å². The molecule has 0 spiro atoms.